The number of nitrogens with one attached hydrogen (secondary N) is 1. The Balaban J connectivity index is 2.09. The van der Waals surface area contributed by atoms with E-state index in [1.807, 2.05) is 36.4 Å². The maximum absolute atomic E-state index is 11.3. The van der Waals surface area contributed by atoms with Gasteiger partial charge in [-0.05, 0) is 12.0 Å². The van der Waals surface area contributed by atoms with Crippen molar-refractivity contribution in [3.63, 3.8) is 0 Å². The second kappa shape index (κ2) is 9.28. The predicted molar refractivity (Wildman–Crippen MR) is 73.3 cm³/mol. The Hall–Kier alpha value is -1.77. The molecule has 3 heteroatoms. The van der Waals surface area contributed by atoms with Crippen LogP contribution in [0.15, 0.2) is 42.5 Å². The molecular formula is C15H21NO2. The molecule has 1 N–H and O–H groups in total. The molecule has 0 radical (unpaired) electrons. The molecule has 18 heavy (non-hydrogen) atoms. The van der Waals surface area contributed by atoms with E-state index in [0.717, 1.165) is 12.0 Å². The van der Waals surface area contributed by atoms with Gasteiger partial charge in [0.2, 0.25) is 0 Å². The first-order valence-electron chi connectivity index (χ1n) is 6.42. The molecule has 1 aromatic carbocycles. The van der Waals surface area contributed by atoms with Crippen molar-refractivity contribution in [2.75, 3.05) is 6.54 Å². The normalized spacial score (nSPS) is 10.5. The minimum absolute atomic E-state index is 0.312. The number of benzene rings is 1. The summed E-state index contributed by atoms with van der Waals surface area (Å²) in [6.07, 6.45) is 7.11. The van der Waals surface area contributed by atoms with E-state index in [4.69, 9.17) is 4.74 Å². The van der Waals surface area contributed by atoms with E-state index in [1.165, 1.54) is 12.8 Å². The molecule has 0 unspecified atom stereocenters. The smallest absolute Gasteiger partial charge is 0.407 e. The zero-order valence-corrected chi connectivity index (χ0v) is 10.9. The standard InChI is InChI=1S/C15H21NO2/c1-2-3-4-5-9-12-16-15(17)18-13-14-10-7-6-8-11-14/h5-11H,2-4,12-13H2,1H3,(H,16,17)/b9-5-. The van der Waals surface area contributed by atoms with Crippen molar-refractivity contribution in [1.29, 1.82) is 0 Å². The van der Waals surface area contributed by atoms with Gasteiger partial charge in [0.05, 0.1) is 0 Å². The number of alkyl carbamates (subject to hydrolysis) is 1. The van der Waals surface area contributed by atoms with Crippen LogP contribution in [0.5, 0.6) is 0 Å². The van der Waals surface area contributed by atoms with Crippen molar-refractivity contribution < 1.29 is 9.53 Å². The van der Waals surface area contributed by atoms with E-state index in [9.17, 15) is 4.79 Å². The SMILES string of the molecule is CCCC/C=C\CNC(=O)OCc1ccccc1. The number of amides is 1. The van der Waals surface area contributed by atoms with E-state index < -0.39 is 0 Å². The molecule has 1 rings (SSSR count). The van der Waals surface area contributed by atoms with Crippen molar-refractivity contribution >= 4 is 6.09 Å². The molecule has 0 saturated carbocycles. The second-order valence-electron chi connectivity index (χ2n) is 4.06. The molecule has 0 fully saturated rings. The number of hydrogen-bond donors (Lipinski definition) is 1. The van der Waals surface area contributed by atoms with Gasteiger partial charge < -0.3 is 10.1 Å². The highest BCUT2D eigenvalue weighted by Gasteiger charge is 1.99. The lowest BCUT2D eigenvalue weighted by Crippen LogP contribution is -2.24. The van der Waals surface area contributed by atoms with Gasteiger partial charge in [0.25, 0.3) is 0 Å². The van der Waals surface area contributed by atoms with Gasteiger partial charge in [0.1, 0.15) is 6.61 Å². The minimum atomic E-state index is -0.376. The average Bonchev–Trinajstić information content (AvgIpc) is 2.41. The fourth-order valence-corrected chi connectivity index (χ4v) is 1.44. The second-order valence-corrected chi connectivity index (χ2v) is 4.06. The molecule has 0 saturated heterocycles. The Morgan fingerprint density at radius 3 is 2.78 bits per heavy atom. The lowest BCUT2D eigenvalue weighted by atomic mass is 10.2. The van der Waals surface area contributed by atoms with Crippen LogP contribution in [0.3, 0.4) is 0 Å². The highest BCUT2D eigenvalue weighted by Crippen LogP contribution is 2.00. The zero-order chi connectivity index (χ0) is 13.1. The topological polar surface area (TPSA) is 38.3 Å². The van der Waals surface area contributed by atoms with Crippen LogP contribution in [0, 0.1) is 0 Å². The van der Waals surface area contributed by atoms with Gasteiger partial charge in [-0.2, -0.15) is 0 Å². The van der Waals surface area contributed by atoms with Crippen LogP contribution < -0.4 is 5.32 Å². The van der Waals surface area contributed by atoms with E-state index >= 15 is 0 Å². The number of carbonyl (C=O) groups excluding carboxylic acids is 1. The van der Waals surface area contributed by atoms with Crippen molar-refractivity contribution in [3.05, 3.63) is 48.0 Å². The number of allylic oxidation sites excluding steroid dienone is 1. The summed E-state index contributed by atoms with van der Waals surface area (Å²) in [6, 6.07) is 9.64. The molecule has 0 bridgehead atoms. The largest absolute Gasteiger partial charge is 0.445 e. The van der Waals surface area contributed by atoms with Crippen LogP contribution in [0.25, 0.3) is 0 Å². The number of hydrogen-bond acceptors (Lipinski definition) is 2. The average molecular weight is 247 g/mol. The maximum Gasteiger partial charge on any atom is 0.407 e. The predicted octanol–water partition coefficient (Wildman–Crippen LogP) is 3.66. The molecule has 0 aliphatic heterocycles. The number of rotatable bonds is 7. The zero-order valence-electron chi connectivity index (χ0n) is 10.9. The first kappa shape index (κ1) is 14.3. The molecule has 98 valence electrons. The summed E-state index contributed by atoms with van der Waals surface area (Å²) >= 11 is 0. The summed E-state index contributed by atoms with van der Waals surface area (Å²) in [5, 5.41) is 2.68. The van der Waals surface area contributed by atoms with Gasteiger partial charge in [-0.15, -0.1) is 0 Å². The van der Waals surface area contributed by atoms with Crippen LogP contribution in [0.2, 0.25) is 0 Å². The van der Waals surface area contributed by atoms with Crippen molar-refractivity contribution in [3.8, 4) is 0 Å². The summed E-state index contributed by atoms with van der Waals surface area (Å²) in [5.41, 5.74) is 0.992. The summed E-state index contributed by atoms with van der Waals surface area (Å²) in [4.78, 5) is 11.3. The summed E-state index contributed by atoms with van der Waals surface area (Å²) in [5.74, 6) is 0. The molecule has 3 nitrogen and oxygen atoms in total. The highest BCUT2D eigenvalue weighted by molar-refractivity contribution is 5.67. The lowest BCUT2D eigenvalue weighted by Gasteiger charge is -2.05. The molecule has 0 aliphatic carbocycles. The van der Waals surface area contributed by atoms with Crippen LogP contribution in [0.1, 0.15) is 31.7 Å². The Bertz CT molecular complexity index is 360. The van der Waals surface area contributed by atoms with E-state index in [0.29, 0.717) is 13.2 Å². The third kappa shape index (κ3) is 6.74. The molecule has 1 amide bonds. The number of unbranched alkanes of at least 4 members (excludes halogenated alkanes) is 2. The van der Waals surface area contributed by atoms with Crippen LogP contribution in [-0.4, -0.2) is 12.6 Å². The van der Waals surface area contributed by atoms with Gasteiger partial charge in [0, 0.05) is 6.54 Å². The van der Waals surface area contributed by atoms with Crippen molar-refractivity contribution in [1.82, 2.24) is 5.32 Å². The lowest BCUT2D eigenvalue weighted by molar-refractivity contribution is 0.140. The van der Waals surface area contributed by atoms with Crippen LogP contribution in [0.4, 0.5) is 4.79 Å². The van der Waals surface area contributed by atoms with E-state index in [-0.39, 0.29) is 6.09 Å². The monoisotopic (exact) mass is 247 g/mol. The molecule has 0 atom stereocenters. The molecule has 1 aromatic rings. The summed E-state index contributed by atoms with van der Waals surface area (Å²) in [6.45, 7) is 3.00. The fourth-order valence-electron chi connectivity index (χ4n) is 1.44. The van der Waals surface area contributed by atoms with Gasteiger partial charge in [-0.1, -0.05) is 62.2 Å². The number of ether oxygens (including phenoxy) is 1. The molecule has 0 spiro atoms. The Kier molecular flexibility index (Phi) is 7.37. The van der Waals surface area contributed by atoms with Gasteiger partial charge >= 0.3 is 6.09 Å². The Labute approximate surface area is 109 Å². The van der Waals surface area contributed by atoms with Gasteiger partial charge in [0.15, 0.2) is 0 Å². The quantitative estimate of drug-likeness (QED) is 0.590. The number of carbonyl (C=O) groups is 1. The molecule has 0 aromatic heterocycles. The summed E-state index contributed by atoms with van der Waals surface area (Å²) < 4.78 is 5.07. The van der Waals surface area contributed by atoms with Crippen molar-refractivity contribution in [2.45, 2.75) is 32.8 Å². The van der Waals surface area contributed by atoms with Crippen LogP contribution >= 0.6 is 0 Å². The maximum atomic E-state index is 11.3. The Morgan fingerprint density at radius 1 is 1.28 bits per heavy atom. The molecule has 0 aliphatic rings. The molecule has 0 heterocycles. The van der Waals surface area contributed by atoms with Gasteiger partial charge in [-0.3, -0.25) is 0 Å². The highest BCUT2D eigenvalue weighted by atomic mass is 16.5. The fraction of sp³-hybridized carbons (Fsp3) is 0.400. The molecular weight excluding hydrogens is 226 g/mol. The van der Waals surface area contributed by atoms with Gasteiger partial charge in [-0.25, -0.2) is 4.79 Å². The first-order valence-corrected chi connectivity index (χ1v) is 6.42. The summed E-state index contributed by atoms with van der Waals surface area (Å²) in [7, 11) is 0. The third-order valence-electron chi connectivity index (χ3n) is 2.47. The third-order valence-corrected chi connectivity index (χ3v) is 2.47. The van der Waals surface area contributed by atoms with Crippen LogP contribution in [-0.2, 0) is 11.3 Å². The Morgan fingerprint density at radius 2 is 2.06 bits per heavy atom. The van der Waals surface area contributed by atoms with Crippen molar-refractivity contribution in [2.24, 2.45) is 0 Å². The minimum Gasteiger partial charge on any atom is -0.445 e. The first-order chi connectivity index (χ1) is 8.83. The van der Waals surface area contributed by atoms with E-state index in [1.54, 1.807) is 0 Å². The van der Waals surface area contributed by atoms with E-state index in [2.05, 4.69) is 18.3 Å².